The van der Waals surface area contributed by atoms with Crippen molar-refractivity contribution in [3.63, 3.8) is 0 Å². The topological polar surface area (TPSA) is 70.5 Å². The molecule has 4 N–H and O–H groups in total. The molecular formula is C18H24N2O2. The summed E-state index contributed by atoms with van der Waals surface area (Å²) in [6, 6.07) is 13.3. The summed E-state index contributed by atoms with van der Waals surface area (Å²) < 4.78 is 11.4. The van der Waals surface area contributed by atoms with E-state index in [0.29, 0.717) is 13.2 Å². The first kappa shape index (κ1) is 16.0. The summed E-state index contributed by atoms with van der Waals surface area (Å²) in [5.74, 6) is 1.60. The smallest absolute Gasteiger partial charge is 0.142 e. The molecule has 0 heterocycles. The highest BCUT2D eigenvalue weighted by atomic mass is 16.5. The Labute approximate surface area is 132 Å². The van der Waals surface area contributed by atoms with Gasteiger partial charge in [-0.1, -0.05) is 18.2 Å². The number of ether oxygens (including phenoxy) is 2. The Balaban J connectivity index is 1.59. The minimum absolute atomic E-state index is 0.673. The van der Waals surface area contributed by atoms with Gasteiger partial charge in [-0.25, -0.2) is 0 Å². The van der Waals surface area contributed by atoms with Crippen molar-refractivity contribution in [2.45, 2.75) is 26.2 Å². The van der Waals surface area contributed by atoms with Crippen molar-refractivity contribution in [2.75, 3.05) is 24.7 Å². The Morgan fingerprint density at radius 1 is 0.864 bits per heavy atom. The number of benzene rings is 2. The van der Waals surface area contributed by atoms with Gasteiger partial charge >= 0.3 is 0 Å². The molecule has 0 amide bonds. The Bertz CT molecular complexity index is 599. The largest absolute Gasteiger partial charge is 0.494 e. The van der Waals surface area contributed by atoms with Gasteiger partial charge in [0.1, 0.15) is 11.5 Å². The highest BCUT2D eigenvalue weighted by molar-refractivity contribution is 5.57. The molecule has 22 heavy (non-hydrogen) atoms. The quantitative estimate of drug-likeness (QED) is 0.575. The fraction of sp³-hybridized carbons (Fsp3) is 0.333. The molecule has 2 rings (SSSR count). The zero-order valence-electron chi connectivity index (χ0n) is 13.0. The van der Waals surface area contributed by atoms with Crippen LogP contribution in [-0.2, 0) is 0 Å². The fourth-order valence-corrected chi connectivity index (χ4v) is 2.14. The predicted molar refractivity (Wildman–Crippen MR) is 91.3 cm³/mol. The molecule has 0 atom stereocenters. The molecule has 0 radical (unpaired) electrons. The normalized spacial score (nSPS) is 10.4. The molecule has 0 aliphatic rings. The van der Waals surface area contributed by atoms with Crippen LogP contribution in [0.1, 0.15) is 24.8 Å². The van der Waals surface area contributed by atoms with Gasteiger partial charge in [0.2, 0.25) is 0 Å². The molecule has 4 heteroatoms. The van der Waals surface area contributed by atoms with Gasteiger partial charge in [0.25, 0.3) is 0 Å². The van der Waals surface area contributed by atoms with Crippen LogP contribution in [0.5, 0.6) is 11.5 Å². The Morgan fingerprint density at radius 3 is 2.36 bits per heavy atom. The molecule has 0 bridgehead atoms. The van der Waals surface area contributed by atoms with E-state index in [2.05, 4.69) is 0 Å². The second kappa shape index (κ2) is 8.17. The van der Waals surface area contributed by atoms with Crippen LogP contribution in [-0.4, -0.2) is 13.2 Å². The van der Waals surface area contributed by atoms with Crippen molar-refractivity contribution in [2.24, 2.45) is 0 Å². The average molecular weight is 300 g/mol. The Hall–Kier alpha value is -2.36. The zero-order valence-corrected chi connectivity index (χ0v) is 13.0. The number of hydrogen-bond acceptors (Lipinski definition) is 4. The lowest BCUT2D eigenvalue weighted by molar-refractivity contribution is 0.280. The van der Waals surface area contributed by atoms with Gasteiger partial charge < -0.3 is 20.9 Å². The maximum absolute atomic E-state index is 5.97. The monoisotopic (exact) mass is 300 g/mol. The first-order valence-electron chi connectivity index (χ1n) is 7.63. The number of hydrogen-bond donors (Lipinski definition) is 2. The second-order valence-corrected chi connectivity index (χ2v) is 5.32. The van der Waals surface area contributed by atoms with Gasteiger partial charge in [-0.15, -0.1) is 0 Å². The van der Waals surface area contributed by atoms with Crippen LogP contribution in [0.25, 0.3) is 0 Å². The van der Waals surface area contributed by atoms with E-state index in [4.69, 9.17) is 20.9 Å². The first-order chi connectivity index (χ1) is 10.7. The van der Waals surface area contributed by atoms with Gasteiger partial charge in [-0.05, 0) is 49.9 Å². The van der Waals surface area contributed by atoms with Crippen LogP contribution in [0.3, 0.4) is 0 Å². The van der Waals surface area contributed by atoms with E-state index in [9.17, 15) is 0 Å². The van der Waals surface area contributed by atoms with Gasteiger partial charge in [0, 0.05) is 11.8 Å². The third-order valence-corrected chi connectivity index (χ3v) is 3.46. The average Bonchev–Trinajstić information content (AvgIpc) is 2.50. The summed E-state index contributed by atoms with van der Waals surface area (Å²) in [5, 5.41) is 0. The number of nitrogen functional groups attached to an aromatic ring is 2. The number of rotatable bonds is 8. The SMILES string of the molecule is Cc1cccc(OCCCCCOc2cccc(N)c2)c1N. The number of unbranched alkanes of at least 4 members (excludes halogenated alkanes) is 2. The van der Waals surface area contributed by atoms with Crippen LogP contribution in [0, 0.1) is 6.92 Å². The lowest BCUT2D eigenvalue weighted by Crippen LogP contribution is -2.03. The van der Waals surface area contributed by atoms with Crippen LogP contribution in [0.2, 0.25) is 0 Å². The van der Waals surface area contributed by atoms with Crippen LogP contribution in [0.15, 0.2) is 42.5 Å². The van der Waals surface area contributed by atoms with Crippen LogP contribution in [0.4, 0.5) is 11.4 Å². The van der Waals surface area contributed by atoms with Crippen molar-refractivity contribution in [3.8, 4) is 11.5 Å². The molecular weight excluding hydrogens is 276 g/mol. The molecule has 0 unspecified atom stereocenters. The summed E-state index contributed by atoms with van der Waals surface area (Å²) in [6.45, 7) is 3.35. The maximum Gasteiger partial charge on any atom is 0.142 e. The summed E-state index contributed by atoms with van der Waals surface area (Å²) >= 11 is 0. The molecule has 2 aromatic rings. The third-order valence-electron chi connectivity index (χ3n) is 3.46. The molecule has 0 aliphatic heterocycles. The lowest BCUT2D eigenvalue weighted by atomic mass is 10.2. The van der Waals surface area contributed by atoms with E-state index in [1.807, 2.05) is 49.4 Å². The van der Waals surface area contributed by atoms with E-state index in [0.717, 1.165) is 47.7 Å². The van der Waals surface area contributed by atoms with Crippen molar-refractivity contribution >= 4 is 11.4 Å². The third kappa shape index (κ3) is 4.88. The van der Waals surface area contributed by atoms with E-state index in [1.165, 1.54) is 0 Å². The number of aryl methyl sites for hydroxylation is 1. The molecule has 0 aliphatic carbocycles. The van der Waals surface area contributed by atoms with Crippen LogP contribution >= 0.6 is 0 Å². The summed E-state index contributed by atoms with van der Waals surface area (Å²) in [6.07, 6.45) is 3.02. The Morgan fingerprint density at radius 2 is 1.59 bits per heavy atom. The number of nitrogens with two attached hydrogens (primary N) is 2. The van der Waals surface area contributed by atoms with Gasteiger partial charge in [0.05, 0.1) is 18.9 Å². The summed E-state index contributed by atoms with van der Waals surface area (Å²) in [7, 11) is 0. The molecule has 0 aromatic heterocycles. The lowest BCUT2D eigenvalue weighted by Gasteiger charge is -2.10. The van der Waals surface area contributed by atoms with Crippen molar-refractivity contribution in [1.82, 2.24) is 0 Å². The highest BCUT2D eigenvalue weighted by Gasteiger charge is 2.02. The molecule has 4 nitrogen and oxygen atoms in total. The summed E-state index contributed by atoms with van der Waals surface area (Å²) in [4.78, 5) is 0. The molecule has 0 saturated carbocycles. The minimum atomic E-state index is 0.673. The summed E-state index contributed by atoms with van der Waals surface area (Å²) in [5.41, 5.74) is 14.2. The predicted octanol–water partition coefficient (Wildman–Crippen LogP) is 3.79. The number of para-hydroxylation sites is 1. The number of anilines is 2. The van der Waals surface area contributed by atoms with E-state index in [1.54, 1.807) is 0 Å². The standard InChI is InChI=1S/C18H24N2O2/c1-14-7-5-10-17(18(14)20)22-12-4-2-3-11-21-16-9-6-8-15(19)13-16/h5-10,13H,2-4,11-12,19-20H2,1H3. The zero-order chi connectivity index (χ0) is 15.8. The maximum atomic E-state index is 5.97. The van der Waals surface area contributed by atoms with Gasteiger partial charge in [0.15, 0.2) is 0 Å². The van der Waals surface area contributed by atoms with Crippen molar-refractivity contribution in [3.05, 3.63) is 48.0 Å². The highest BCUT2D eigenvalue weighted by Crippen LogP contribution is 2.24. The van der Waals surface area contributed by atoms with E-state index >= 15 is 0 Å². The van der Waals surface area contributed by atoms with E-state index in [-0.39, 0.29) is 0 Å². The molecule has 118 valence electrons. The molecule has 0 saturated heterocycles. The van der Waals surface area contributed by atoms with Gasteiger partial charge in [-0.3, -0.25) is 0 Å². The van der Waals surface area contributed by atoms with Crippen molar-refractivity contribution in [1.29, 1.82) is 0 Å². The van der Waals surface area contributed by atoms with Crippen LogP contribution < -0.4 is 20.9 Å². The van der Waals surface area contributed by atoms with Gasteiger partial charge in [-0.2, -0.15) is 0 Å². The Kier molecular flexibility index (Phi) is 5.95. The molecule has 0 spiro atoms. The fourth-order valence-electron chi connectivity index (χ4n) is 2.14. The first-order valence-corrected chi connectivity index (χ1v) is 7.63. The molecule has 0 fully saturated rings. The van der Waals surface area contributed by atoms with E-state index < -0.39 is 0 Å². The van der Waals surface area contributed by atoms with Crippen molar-refractivity contribution < 1.29 is 9.47 Å². The minimum Gasteiger partial charge on any atom is -0.494 e. The molecule has 2 aromatic carbocycles. The second-order valence-electron chi connectivity index (χ2n) is 5.32.